The van der Waals surface area contributed by atoms with Gasteiger partial charge < -0.3 is 15.4 Å². The van der Waals surface area contributed by atoms with Crippen LogP contribution in [-0.4, -0.2) is 26.1 Å². The van der Waals surface area contributed by atoms with Crippen LogP contribution in [0.15, 0.2) is 48.5 Å². The van der Waals surface area contributed by atoms with Crippen molar-refractivity contribution in [3.05, 3.63) is 64.7 Å². The molecule has 0 radical (unpaired) electrons. The molecule has 0 unspecified atom stereocenters. The highest BCUT2D eigenvalue weighted by Gasteiger charge is 2.04. The zero-order valence-electron chi connectivity index (χ0n) is 13.8. The van der Waals surface area contributed by atoms with Crippen molar-refractivity contribution in [1.82, 2.24) is 10.6 Å². The first-order chi connectivity index (χ1) is 11.7. The molecule has 0 fully saturated rings. The lowest BCUT2D eigenvalue weighted by atomic mass is 10.1. The summed E-state index contributed by atoms with van der Waals surface area (Å²) < 4.78 is 5.27. The summed E-state index contributed by atoms with van der Waals surface area (Å²) in [6, 6.07) is 15.5. The predicted octanol–water partition coefficient (Wildman–Crippen LogP) is 3.19. The van der Waals surface area contributed by atoms with Gasteiger partial charge in [0.25, 0.3) is 0 Å². The summed E-state index contributed by atoms with van der Waals surface area (Å²) in [4.78, 5) is 11.9. The number of halogens is 1. The smallest absolute Gasteiger partial charge is 0.221 e. The number of methoxy groups -OCH3 is 1. The number of hydrogen-bond acceptors (Lipinski definition) is 3. The number of ether oxygens (including phenoxy) is 1. The van der Waals surface area contributed by atoms with Crippen LogP contribution in [0.3, 0.4) is 0 Å². The molecule has 0 saturated heterocycles. The van der Waals surface area contributed by atoms with Gasteiger partial charge in [0, 0.05) is 30.1 Å². The molecule has 0 aliphatic heterocycles. The number of carbonyl (C=O) groups excluding carboxylic acids is 1. The van der Waals surface area contributed by atoms with E-state index in [9.17, 15) is 4.79 Å². The third-order valence-electron chi connectivity index (χ3n) is 3.68. The van der Waals surface area contributed by atoms with E-state index in [1.54, 1.807) is 7.11 Å². The van der Waals surface area contributed by atoms with Crippen LogP contribution < -0.4 is 15.4 Å². The van der Waals surface area contributed by atoms with Gasteiger partial charge in [-0.3, -0.25) is 4.79 Å². The highest BCUT2D eigenvalue weighted by atomic mass is 35.5. The van der Waals surface area contributed by atoms with E-state index in [1.165, 1.54) is 5.56 Å². The van der Waals surface area contributed by atoms with Crippen LogP contribution in [0.4, 0.5) is 0 Å². The minimum Gasteiger partial charge on any atom is -0.496 e. The number of hydrogen-bond donors (Lipinski definition) is 2. The molecule has 0 bridgehead atoms. The zero-order chi connectivity index (χ0) is 17.2. The van der Waals surface area contributed by atoms with Gasteiger partial charge in [0.1, 0.15) is 5.75 Å². The minimum absolute atomic E-state index is 0.0242. The van der Waals surface area contributed by atoms with Gasteiger partial charge in [-0.05, 0) is 36.7 Å². The SMILES string of the molecule is COc1ccccc1CNC(=O)CCNCCc1cccc(Cl)c1. The van der Waals surface area contributed by atoms with Gasteiger partial charge in [-0.1, -0.05) is 41.9 Å². The van der Waals surface area contributed by atoms with Crippen LogP contribution in [0, 0.1) is 0 Å². The number of para-hydroxylation sites is 1. The number of benzene rings is 2. The summed E-state index contributed by atoms with van der Waals surface area (Å²) in [6.07, 6.45) is 1.34. The third-order valence-corrected chi connectivity index (χ3v) is 3.91. The molecule has 0 aliphatic rings. The fourth-order valence-corrected chi connectivity index (χ4v) is 2.60. The van der Waals surface area contributed by atoms with E-state index in [0.717, 1.165) is 29.3 Å². The van der Waals surface area contributed by atoms with Crippen molar-refractivity contribution in [2.75, 3.05) is 20.2 Å². The van der Waals surface area contributed by atoms with Gasteiger partial charge in [0.15, 0.2) is 0 Å². The summed E-state index contributed by atoms with van der Waals surface area (Å²) in [5.41, 5.74) is 2.16. The fraction of sp³-hybridized carbons (Fsp3) is 0.316. The first-order valence-corrected chi connectivity index (χ1v) is 8.40. The fourth-order valence-electron chi connectivity index (χ4n) is 2.38. The van der Waals surface area contributed by atoms with Crippen molar-refractivity contribution in [2.45, 2.75) is 19.4 Å². The van der Waals surface area contributed by atoms with Crippen LogP contribution in [0.25, 0.3) is 0 Å². The van der Waals surface area contributed by atoms with Crippen LogP contribution in [0.1, 0.15) is 17.5 Å². The normalized spacial score (nSPS) is 10.4. The maximum Gasteiger partial charge on any atom is 0.221 e. The Hall–Kier alpha value is -2.04. The Kier molecular flexibility index (Phi) is 7.59. The third kappa shape index (κ3) is 6.22. The van der Waals surface area contributed by atoms with Crippen LogP contribution in [0.2, 0.25) is 5.02 Å². The lowest BCUT2D eigenvalue weighted by Gasteiger charge is -2.10. The van der Waals surface area contributed by atoms with E-state index in [-0.39, 0.29) is 5.91 Å². The number of carbonyl (C=O) groups is 1. The van der Waals surface area contributed by atoms with Gasteiger partial charge in [0.2, 0.25) is 5.91 Å². The number of nitrogens with one attached hydrogen (secondary N) is 2. The van der Waals surface area contributed by atoms with Crippen molar-refractivity contribution in [1.29, 1.82) is 0 Å². The molecule has 2 rings (SSSR count). The molecule has 2 aromatic carbocycles. The van der Waals surface area contributed by atoms with E-state index in [0.29, 0.717) is 19.5 Å². The van der Waals surface area contributed by atoms with Crippen molar-refractivity contribution >= 4 is 17.5 Å². The summed E-state index contributed by atoms with van der Waals surface area (Å²) >= 11 is 5.95. The molecule has 2 aromatic rings. The number of rotatable bonds is 9. The molecule has 1 amide bonds. The Labute approximate surface area is 148 Å². The second-order valence-electron chi connectivity index (χ2n) is 5.47. The van der Waals surface area contributed by atoms with Crippen LogP contribution >= 0.6 is 11.6 Å². The highest BCUT2D eigenvalue weighted by molar-refractivity contribution is 6.30. The molecule has 0 aromatic heterocycles. The Morgan fingerprint density at radius 1 is 1.12 bits per heavy atom. The Balaban J connectivity index is 1.61. The molecule has 0 heterocycles. The van der Waals surface area contributed by atoms with E-state index < -0.39 is 0 Å². The standard InChI is InChI=1S/C19H23ClN2O2/c1-24-18-8-3-2-6-16(18)14-22-19(23)10-12-21-11-9-15-5-4-7-17(20)13-15/h2-8,13,21H,9-12,14H2,1H3,(H,22,23). The molecular weight excluding hydrogens is 324 g/mol. The summed E-state index contributed by atoms with van der Waals surface area (Å²) in [5.74, 6) is 0.814. The van der Waals surface area contributed by atoms with Crippen LogP contribution in [-0.2, 0) is 17.8 Å². The van der Waals surface area contributed by atoms with E-state index in [1.807, 2.05) is 48.5 Å². The van der Waals surface area contributed by atoms with Gasteiger partial charge in [-0.2, -0.15) is 0 Å². The monoisotopic (exact) mass is 346 g/mol. The average Bonchev–Trinajstić information content (AvgIpc) is 2.60. The lowest BCUT2D eigenvalue weighted by Crippen LogP contribution is -2.28. The van der Waals surface area contributed by atoms with Gasteiger partial charge >= 0.3 is 0 Å². The average molecular weight is 347 g/mol. The van der Waals surface area contributed by atoms with Crippen molar-refractivity contribution in [2.24, 2.45) is 0 Å². The molecular formula is C19H23ClN2O2. The maximum absolute atomic E-state index is 11.9. The first-order valence-electron chi connectivity index (χ1n) is 8.03. The topological polar surface area (TPSA) is 50.4 Å². The lowest BCUT2D eigenvalue weighted by molar-refractivity contribution is -0.121. The molecule has 2 N–H and O–H groups in total. The molecule has 128 valence electrons. The van der Waals surface area contributed by atoms with Gasteiger partial charge in [-0.25, -0.2) is 0 Å². The van der Waals surface area contributed by atoms with E-state index >= 15 is 0 Å². The Morgan fingerprint density at radius 3 is 2.75 bits per heavy atom. The van der Waals surface area contributed by atoms with Gasteiger partial charge in [0.05, 0.1) is 7.11 Å². The molecule has 0 saturated carbocycles. The quantitative estimate of drug-likeness (QED) is 0.686. The second-order valence-corrected chi connectivity index (χ2v) is 5.90. The molecule has 5 heteroatoms. The summed E-state index contributed by atoms with van der Waals surface area (Å²) in [6.45, 7) is 1.95. The predicted molar refractivity (Wildman–Crippen MR) is 97.5 cm³/mol. The molecule has 0 spiro atoms. The molecule has 0 aliphatic carbocycles. The minimum atomic E-state index is 0.0242. The van der Waals surface area contributed by atoms with Crippen molar-refractivity contribution in [3.8, 4) is 5.75 Å². The first kappa shape index (κ1) is 18.3. The van der Waals surface area contributed by atoms with Crippen molar-refractivity contribution < 1.29 is 9.53 Å². The van der Waals surface area contributed by atoms with E-state index in [4.69, 9.17) is 16.3 Å². The molecule has 24 heavy (non-hydrogen) atoms. The Morgan fingerprint density at radius 2 is 1.96 bits per heavy atom. The largest absolute Gasteiger partial charge is 0.496 e. The Bertz CT molecular complexity index is 661. The maximum atomic E-state index is 11.9. The molecule has 0 atom stereocenters. The summed E-state index contributed by atoms with van der Waals surface area (Å²) in [7, 11) is 1.63. The summed E-state index contributed by atoms with van der Waals surface area (Å²) in [5, 5.41) is 6.94. The van der Waals surface area contributed by atoms with Crippen LogP contribution in [0.5, 0.6) is 5.75 Å². The van der Waals surface area contributed by atoms with Crippen molar-refractivity contribution in [3.63, 3.8) is 0 Å². The zero-order valence-corrected chi connectivity index (χ0v) is 14.6. The van der Waals surface area contributed by atoms with E-state index in [2.05, 4.69) is 10.6 Å². The highest BCUT2D eigenvalue weighted by Crippen LogP contribution is 2.16. The second kappa shape index (κ2) is 9.96. The molecule has 4 nitrogen and oxygen atoms in total. The van der Waals surface area contributed by atoms with Gasteiger partial charge in [-0.15, -0.1) is 0 Å². The number of amides is 1.